The van der Waals surface area contributed by atoms with Crippen molar-refractivity contribution in [3.05, 3.63) is 24.0 Å². The van der Waals surface area contributed by atoms with Gasteiger partial charge in [-0.05, 0) is 18.9 Å². The van der Waals surface area contributed by atoms with Crippen LogP contribution in [-0.4, -0.2) is 18.5 Å². The Hall–Kier alpha value is -1.58. The fourth-order valence-electron chi connectivity index (χ4n) is 1.58. The predicted molar refractivity (Wildman–Crippen MR) is 74.4 cm³/mol. The molecule has 4 heteroatoms. The summed E-state index contributed by atoms with van der Waals surface area (Å²) in [5.41, 5.74) is 0.348. The maximum Gasteiger partial charge on any atom is 0.337 e. The largest absolute Gasteiger partial charge is 0.462 e. The van der Waals surface area contributed by atoms with Crippen LogP contribution in [0.1, 0.15) is 52.9 Å². The zero-order chi connectivity index (χ0) is 14.7. The quantitative estimate of drug-likeness (QED) is 0.211. The van der Waals surface area contributed by atoms with Crippen molar-refractivity contribution in [2.24, 2.45) is 0 Å². The fraction of sp³-hybridized carbons (Fsp3) is 0.600. The molecule has 0 bridgehead atoms. The third-order valence-electron chi connectivity index (χ3n) is 2.57. The molecule has 0 aromatic carbocycles. The molecule has 0 aromatic rings. The van der Waals surface area contributed by atoms with Crippen LogP contribution in [0.3, 0.4) is 0 Å². The maximum absolute atomic E-state index is 11.9. The molecular weight excluding hydrogens is 244 g/mol. The standard InChI is InChI=1S/C15H24O4/c1-5-8-9-10-11-18-15(17)13(6-2)14(7-3)19-12(4)16/h7H,3,5-6,8-11H2,1-2,4H3/b14-13-. The summed E-state index contributed by atoms with van der Waals surface area (Å²) in [7, 11) is 0. The molecule has 0 aliphatic heterocycles. The normalized spacial score (nSPS) is 11.5. The van der Waals surface area contributed by atoms with Crippen molar-refractivity contribution in [1.29, 1.82) is 0 Å². The summed E-state index contributed by atoms with van der Waals surface area (Å²) in [6.07, 6.45) is 5.97. The van der Waals surface area contributed by atoms with E-state index in [9.17, 15) is 9.59 Å². The van der Waals surface area contributed by atoms with E-state index in [1.165, 1.54) is 13.0 Å². The molecule has 0 aliphatic carbocycles. The molecule has 0 aromatic heterocycles. The lowest BCUT2D eigenvalue weighted by molar-refractivity contribution is -0.140. The predicted octanol–water partition coefficient (Wildman–Crippen LogP) is 3.52. The first-order valence-electron chi connectivity index (χ1n) is 6.77. The number of hydrogen-bond acceptors (Lipinski definition) is 4. The van der Waals surface area contributed by atoms with Crippen LogP contribution in [-0.2, 0) is 19.1 Å². The van der Waals surface area contributed by atoms with Gasteiger partial charge in [-0.15, -0.1) is 0 Å². The van der Waals surface area contributed by atoms with Crippen molar-refractivity contribution in [2.75, 3.05) is 6.61 Å². The topological polar surface area (TPSA) is 52.6 Å². The van der Waals surface area contributed by atoms with Crippen LogP contribution in [0.25, 0.3) is 0 Å². The molecule has 0 heterocycles. The van der Waals surface area contributed by atoms with Gasteiger partial charge in [0, 0.05) is 6.92 Å². The number of esters is 2. The molecule has 0 saturated carbocycles. The van der Waals surface area contributed by atoms with Gasteiger partial charge in [-0.3, -0.25) is 4.79 Å². The molecular formula is C15H24O4. The van der Waals surface area contributed by atoms with Gasteiger partial charge in [-0.25, -0.2) is 4.79 Å². The van der Waals surface area contributed by atoms with Crippen molar-refractivity contribution in [2.45, 2.75) is 52.9 Å². The minimum atomic E-state index is -0.475. The van der Waals surface area contributed by atoms with Crippen LogP contribution in [0.4, 0.5) is 0 Å². The second-order valence-corrected chi connectivity index (χ2v) is 4.19. The van der Waals surface area contributed by atoms with Gasteiger partial charge in [-0.2, -0.15) is 0 Å². The minimum absolute atomic E-state index is 0.188. The van der Waals surface area contributed by atoms with Crippen LogP contribution in [0, 0.1) is 0 Å². The number of hydrogen-bond donors (Lipinski definition) is 0. The first-order valence-corrected chi connectivity index (χ1v) is 6.77. The first kappa shape index (κ1) is 17.4. The van der Waals surface area contributed by atoms with Gasteiger partial charge in [0.15, 0.2) is 0 Å². The lowest BCUT2D eigenvalue weighted by Crippen LogP contribution is -2.12. The van der Waals surface area contributed by atoms with Crippen molar-refractivity contribution in [1.82, 2.24) is 0 Å². The van der Waals surface area contributed by atoms with Crippen molar-refractivity contribution >= 4 is 11.9 Å². The Morgan fingerprint density at radius 2 is 1.84 bits per heavy atom. The number of carbonyl (C=O) groups excluding carboxylic acids is 2. The van der Waals surface area contributed by atoms with E-state index in [-0.39, 0.29) is 5.76 Å². The summed E-state index contributed by atoms with van der Waals surface area (Å²) in [6.45, 7) is 9.15. The van der Waals surface area contributed by atoms with E-state index in [4.69, 9.17) is 9.47 Å². The van der Waals surface area contributed by atoms with E-state index >= 15 is 0 Å². The van der Waals surface area contributed by atoms with Gasteiger partial charge in [0.25, 0.3) is 0 Å². The SMILES string of the molecule is C=C/C(OC(C)=O)=C(\CC)C(=O)OCCCCCC. The molecule has 0 saturated heterocycles. The van der Waals surface area contributed by atoms with Gasteiger partial charge in [0.05, 0.1) is 12.2 Å². The molecule has 0 amide bonds. The van der Waals surface area contributed by atoms with E-state index in [0.29, 0.717) is 18.6 Å². The molecule has 0 spiro atoms. The Labute approximate surface area is 115 Å². The highest BCUT2D eigenvalue weighted by Crippen LogP contribution is 2.14. The van der Waals surface area contributed by atoms with Crippen LogP contribution >= 0.6 is 0 Å². The Morgan fingerprint density at radius 3 is 2.32 bits per heavy atom. The number of unbranched alkanes of at least 4 members (excludes halogenated alkanes) is 3. The molecule has 108 valence electrons. The van der Waals surface area contributed by atoms with Gasteiger partial charge in [-0.1, -0.05) is 39.7 Å². The van der Waals surface area contributed by atoms with Gasteiger partial charge in [0.1, 0.15) is 5.76 Å². The summed E-state index contributed by atoms with van der Waals surface area (Å²) in [4.78, 5) is 22.8. The molecule has 0 radical (unpaired) electrons. The second kappa shape index (κ2) is 10.4. The molecule has 0 N–H and O–H groups in total. The smallest absolute Gasteiger partial charge is 0.337 e. The number of ether oxygens (including phenoxy) is 2. The zero-order valence-corrected chi connectivity index (χ0v) is 12.2. The second-order valence-electron chi connectivity index (χ2n) is 4.19. The van der Waals surface area contributed by atoms with Gasteiger partial charge in [0.2, 0.25) is 0 Å². The number of carbonyl (C=O) groups is 2. The summed E-state index contributed by atoms with van der Waals surface area (Å²) in [5, 5.41) is 0. The van der Waals surface area contributed by atoms with Gasteiger partial charge < -0.3 is 9.47 Å². The van der Waals surface area contributed by atoms with E-state index in [0.717, 1.165) is 25.7 Å². The van der Waals surface area contributed by atoms with Crippen molar-refractivity contribution in [3.8, 4) is 0 Å². The van der Waals surface area contributed by atoms with Crippen molar-refractivity contribution in [3.63, 3.8) is 0 Å². The van der Waals surface area contributed by atoms with E-state index < -0.39 is 11.9 Å². The minimum Gasteiger partial charge on any atom is -0.462 e. The molecule has 19 heavy (non-hydrogen) atoms. The lowest BCUT2D eigenvalue weighted by Gasteiger charge is -2.10. The van der Waals surface area contributed by atoms with Crippen LogP contribution < -0.4 is 0 Å². The molecule has 0 rings (SSSR count). The zero-order valence-electron chi connectivity index (χ0n) is 12.2. The molecule has 0 atom stereocenters. The Morgan fingerprint density at radius 1 is 1.16 bits per heavy atom. The number of allylic oxidation sites excluding steroid dienone is 1. The highest BCUT2D eigenvalue weighted by molar-refractivity contribution is 5.90. The summed E-state index contributed by atoms with van der Waals surface area (Å²) >= 11 is 0. The summed E-state index contributed by atoms with van der Waals surface area (Å²) in [6, 6.07) is 0. The van der Waals surface area contributed by atoms with E-state index in [1.807, 2.05) is 0 Å². The third-order valence-corrected chi connectivity index (χ3v) is 2.57. The fourth-order valence-corrected chi connectivity index (χ4v) is 1.58. The van der Waals surface area contributed by atoms with Crippen LogP contribution in [0.2, 0.25) is 0 Å². The number of rotatable bonds is 9. The third kappa shape index (κ3) is 7.44. The molecule has 0 unspecified atom stereocenters. The Bertz CT molecular complexity index is 342. The highest BCUT2D eigenvalue weighted by Gasteiger charge is 2.16. The molecule has 4 nitrogen and oxygen atoms in total. The maximum atomic E-state index is 11.9. The average molecular weight is 268 g/mol. The van der Waals surface area contributed by atoms with E-state index in [1.54, 1.807) is 6.92 Å². The average Bonchev–Trinajstić information content (AvgIpc) is 2.37. The Balaban J connectivity index is 4.47. The molecule has 0 fully saturated rings. The molecule has 0 aliphatic rings. The van der Waals surface area contributed by atoms with E-state index in [2.05, 4.69) is 13.5 Å². The van der Waals surface area contributed by atoms with Crippen LogP contribution in [0.15, 0.2) is 24.0 Å². The lowest BCUT2D eigenvalue weighted by atomic mass is 10.1. The monoisotopic (exact) mass is 268 g/mol. The first-order chi connectivity index (χ1) is 9.06. The highest BCUT2D eigenvalue weighted by atomic mass is 16.5. The van der Waals surface area contributed by atoms with Gasteiger partial charge >= 0.3 is 11.9 Å². The Kier molecular flexibility index (Phi) is 9.49. The summed E-state index contributed by atoms with van der Waals surface area (Å²) in [5.74, 6) is -0.722. The summed E-state index contributed by atoms with van der Waals surface area (Å²) < 4.78 is 10.1. The van der Waals surface area contributed by atoms with Crippen molar-refractivity contribution < 1.29 is 19.1 Å². The van der Waals surface area contributed by atoms with Crippen LogP contribution in [0.5, 0.6) is 0 Å².